The van der Waals surface area contributed by atoms with Gasteiger partial charge in [-0.3, -0.25) is 37.4 Å². The lowest BCUT2D eigenvalue weighted by atomic mass is 9.78. The van der Waals surface area contributed by atoms with Crippen molar-refractivity contribution >= 4 is 103 Å². The summed E-state index contributed by atoms with van der Waals surface area (Å²) in [5.41, 5.74) is 3.77. The van der Waals surface area contributed by atoms with Gasteiger partial charge in [0, 0.05) is 79.0 Å². The van der Waals surface area contributed by atoms with Gasteiger partial charge in [0.05, 0.1) is 22.7 Å². The van der Waals surface area contributed by atoms with Gasteiger partial charge < -0.3 is 26.2 Å². The Morgan fingerprint density at radius 1 is 0.551 bits per heavy atom. The summed E-state index contributed by atoms with van der Waals surface area (Å²) in [6, 6.07) is 21.5. The van der Waals surface area contributed by atoms with E-state index in [4.69, 9.17) is 0 Å². The van der Waals surface area contributed by atoms with Crippen molar-refractivity contribution in [1.29, 1.82) is 0 Å². The number of nitrogens with one attached hydrogen (secondary N) is 4. The average molecular weight is 1300 g/mol. The number of fused-ring (bicyclic) bond motifs is 6. The van der Waals surface area contributed by atoms with Gasteiger partial charge in [-0.05, 0) is 133 Å². The predicted molar refractivity (Wildman–Crippen MR) is 339 cm³/mol. The van der Waals surface area contributed by atoms with Gasteiger partial charge in [0.2, 0.25) is 5.69 Å². The largest absolute Gasteiger partial charge is 0.351 e. The minimum absolute atomic E-state index is 0.0286. The summed E-state index contributed by atoms with van der Waals surface area (Å²) in [4.78, 5) is 63.2. The first-order chi connectivity index (χ1) is 41.7. The highest BCUT2D eigenvalue weighted by Crippen LogP contribution is 2.53. The molecule has 0 radical (unpaired) electrons. The molecule has 28 heteroatoms. The highest BCUT2D eigenvalue weighted by molar-refractivity contribution is 7.86. The van der Waals surface area contributed by atoms with Gasteiger partial charge in [-0.25, -0.2) is 9.97 Å². The Hall–Kier alpha value is -7.83. The highest BCUT2D eigenvalue weighted by atomic mass is 32.2. The molecule has 8 N–H and O–H groups in total. The van der Waals surface area contributed by atoms with Crippen LogP contribution in [0.15, 0.2) is 108 Å². The Bertz CT molecular complexity index is 4340. The van der Waals surface area contributed by atoms with Crippen LogP contribution in [-0.4, -0.2) is 152 Å². The topological polar surface area (TPSA) is 366 Å². The molecule has 24 nitrogen and oxygen atoms in total. The molecule has 0 fully saturated rings. The number of aromatic nitrogens is 2. The smallest absolute Gasteiger partial charge is 0.295 e. The van der Waals surface area contributed by atoms with Crippen LogP contribution in [0.1, 0.15) is 127 Å². The van der Waals surface area contributed by atoms with Crippen LogP contribution in [0.2, 0.25) is 0 Å². The van der Waals surface area contributed by atoms with E-state index in [2.05, 4.69) is 43.1 Å². The number of unbranched alkanes of at least 4 members (excludes halogenated alkanes) is 2. The van der Waals surface area contributed by atoms with Gasteiger partial charge in [0.25, 0.3) is 64.1 Å². The molecule has 2 aromatic heterocycles. The number of amides is 4. The van der Waals surface area contributed by atoms with Crippen molar-refractivity contribution in [3.05, 3.63) is 137 Å². The van der Waals surface area contributed by atoms with E-state index in [0.717, 1.165) is 52.9 Å². The average Bonchev–Trinajstić information content (AvgIpc) is 1.60. The number of anilines is 1. The summed E-state index contributed by atoms with van der Waals surface area (Å²) in [6.45, 7) is 13.8. The van der Waals surface area contributed by atoms with Crippen molar-refractivity contribution in [2.75, 3.05) is 61.4 Å². The third-order valence-corrected chi connectivity index (χ3v) is 18.7. The van der Waals surface area contributed by atoms with Gasteiger partial charge in [-0.1, -0.05) is 64.0 Å². The van der Waals surface area contributed by atoms with Crippen LogP contribution in [0.4, 0.5) is 11.4 Å². The SMILES string of the molecule is CCCCCN1/C(=C/C=C/C2=[N+](CCCS(=O)(=O)O)c3ccc4cc(-c5cc(C(=O)NCCS(=O)(=O)O)nc(C(=O)NCCS(=O)(=O)O)c5)ccc4c3C2(C)C)C(C)(C)c2c1cc(S(=O)(=O)O)c1cc(-c3cc(C(=O)NCC)nc(C(=O)NCC)c3)ccc21. The molecule has 0 saturated carbocycles. The molecule has 4 heterocycles. The van der Waals surface area contributed by atoms with Crippen molar-refractivity contribution < 1.29 is 75.6 Å². The number of benzene rings is 4. The summed E-state index contributed by atoms with van der Waals surface area (Å²) < 4.78 is 138. The molecule has 0 bridgehead atoms. The van der Waals surface area contributed by atoms with Gasteiger partial charge >= 0.3 is 0 Å². The third kappa shape index (κ3) is 15.3. The van der Waals surface area contributed by atoms with E-state index in [1.807, 2.05) is 68.7 Å². The second-order valence-electron chi connectivity index (χ2n) is 22.7. The minimum Gasteiger partial charge on any atom is -0.351 e. The van der Waals surface area contributed by atoms with E-state index in [0.29, 0.717) is 58.3 Å². The molecule has 0 atom stereocenters. The van der Waals surface area contributed by atoms with Crippen LogP contribution in [0.25, 0.3) is 43.8 Å². The van der Waals surface area contributed by atoms with Crippen molar-refractivity contribution in [2.24, 2.45) is 0 Å². The number of hydrogen-bond acceptors (Lipinski definition) is 15. The molecule has 474 valence electrons. The number of rotatable bonds is 25. The Labute approximate surface area is 517 Å². The first kappa shape index (κ1) is 67.1. The molecule has 6 aromatic rings. The number of pyridine rings is 2. The molecular weight excluding hydrogens is 1230 g/mol. The standard InChI is InChI=1S/C61H70N8O16S4/c1-8-11-12-25-69-50-36-51(89(83,84)85)44-31-38(41-34-45(56(70)62-9-2)66-46(35-41)57(71)63-10-3)18-21-43(44)55(50)61(6,7)53(69)16-13-15-52-60(4,5)54-42-20-17-37(30-39(42)19-22-49(54)68(52)26-14-27-86(74,75)76)40-32-47(58(72)64-23-28-87(77,78)79)67-48(33-40)59(73)65-24-29-88(80,81)82/h13,15-22,30-36H,8-12,14,23-29H2,1-7H3,(H7-,62,63,64,65,70,71,72,73,74,75,76,77,78,79,80,81,82,83,84,85)/p+1. The van der Waals surface area contributed by atoms with Crippen molar-refractivity contribution in [2.45, 2.75) is 89.9 Å². The van der Waals surface area contributed by atoms with E-state index in [1.54, 1.807) is 44.2 Å². The molecule has 0 spiro atoms. The van der Waals surface area contributed by atoms with Gasteiger partial charge in [0.1, 0.15) is 34.2 Å². The molecule has 0 unspecified atom stereocenters. The lowest BCUT2D eigenvalue weighted by molar-refractivity contribution is -0.437. The quantitative estimate of drug-likeness (QED) is 0.0160. The molecule has 0 aliphatic carbocycles. The molecule has 8 rings (SSSR count). The highest BCUT2D eigenvalue weighted by Gasteiger charge is 2.46. The van der Waals surface area contributed by atoms with Crippen molar-refractivity contribution in [3.8, 4) is 22.3 Å². The summed E-state index contributed by atoms with van der Waals surface area (Å²) >= 11 is 0. The zero-order valence-corrected chi connectivity index (χ0v) is 53.3. The van der Waals surface area contributed by atoms with Crippen molar-refractivity contribution in [1.82, 2.24) is 31.2 Å². The predicted octanol–water partition coefficient (Wildman–Crippen LogP) is 7.18. The summed E-state index contributed by atoms with van der Waals surface area (Å²) in [6.07, 6.45) is 8.26. The van der Waals surface area contributed by atoms with Gasteiger partial charge in [-0.2, -0.15) is 38.2 Å². The fourth-order valence-electron chi connectivity index (χ4n) is 11.6. The van der Waals surface area contributed by atoms with Crippen molar-refractivity contribution in [3.63, 3.8) is 0 Å². The molecular formula is C61H71N8O16S4+. The third-order valence-electron chi connectivity index (χ3n) is 15.5. The van der Waals surface area contributed by atoms with E-state index >= 15 is 0 Å². The van der Waals surface area contributed by atoms with Crippen LogP contribution >= 0.6 is 0 Å². The first-order valence-electron chi connectivity index (χ1n) is 28.7. The van der Waals surface area contributed by atoms with Gasteiger partial charge in [-0.15, -0.1) is 0 Å². The summed E-state index contributed by atoms with van der Waals surface area (Å²) in [5.74, 6) is -4.96. The maximum absolute atomic E-state index is 13.6. The molecule has 2 aliphatic heterocycles. The monoisotopic (exact) mass is 1300 g/mol. The number of nitrogens with zero attached hydrogens (tertiary/aromatic N) is 4. The number of carbonyl (C=O) groups is 4. The Balaban J connectivity index is 1.22. The molecule has 0 saturated heterocycles. The zero-order chi connectivity index (χ0) is 65.2. The number of carbonyl (C=O) groups excluding carboxylic acids is 4. The molecule has 4 aromatic carbocycles. The molecule has 4 amide bonds. The van der Waals surface area contributed by atoms with Crippen LogP contribution < -0.4 is 26.2 Å². The number of hydrogen-bond donors (Lipinski definition) is 8. The maximum Gasteiger partial charge on any atom is 0.295 e. The van der Waals surface area contributed by atoms with Crippen LogP contribution in [0.5, 0.6) is 0 Å². The zero-order valence-electron chi connectivity index (χ0n) is 50.0. The van der Waals surface area contributed by atoms with E-state index < -0.39 is 105 Å². The maximum atomic E-state index is 13.6. The van der Waals surface area contributed by atoms with Gasteiger partial charge in [0.15, 0.2) is 5.71 Å². The lowest BCUT2D eigenvalue weighted by Gasteiger charge is -2.27. The Kier molecular flexibility index (Phi) is 19.8. The fraction of sp³-hybridized carbons (Fsp3) is 0.361. The summed E-state index contributed by atoms with van der Waals surface area (Å²) in [7, 11) is -18.2. The van der Waals surface area contributed by atoms with Crippen LogP contribution in [-0.2, 0) is 51.3 Å². The van der Waals surface area contributed by atoms with E-state index in [1.165, 1.54) is 30.3 Å². The molecule has 2 aliphatic rings. The number of allylic oxidation sites excluding steroid dienone is 4. The first-order valence-corrected chi connectivity index (χ1v) is 34.9. The van der Waals surface area contributed by atoms with Crippen LogP contribution in [0.3, 0.4) is 0 Å². The Morgan fingerprint density at radius 3 is 1.55 bits per heavy atom. The normalized spacial score (nSPS) is 15.2. The second kappa shape index (κ2) is 26.3. The fourth-order valence-corrected chi connectivity index (χ4v) is 13.5. The Morgan fingerprint density at radius 2 is 1.06 bits per heavy atom. The summed E-state index contributed by atoms with van der Waals surface area (Å²) in [5, 5.41) is 12.3. The lowest BCUT2D eigenvalue weighted by Crippen LogP contribution is -2.32. The second-order valence-corrected chi connectivity index (χ2v) is 28.8. The van der Waals surface area contributed by atoms with E-state index in [9.17, 15) is 71.1 Å². The van der Waals surface area contributed by atoms with E-state index in [-0.39, 0.29) is 46.0 Å². The molecule has 89 heavy (non-hydrogen) atoms. The van der Waals surface area contributed by atoms with Crippen LogP contribution in [0, 0.1) is 0 Å². The minimum atomic E-state index is -4.90.